The number of hydrogen-bond donors (Lipinski definition) is 2. The lowest BCUT2D eigenvalue weighted by molar-refractivity contribution is 0.134. The van der Waals surface area contributed by atoms with Crippen molar-refractivity contribution in [3.05, 3.63) is 78.4 Å². The number of hydrogen-bond acceptors (Lipinski definition) is 5. The highest BCUT2D eigenvalue weighted by atomic mass is 16.5. The number of rotatable bonds is 8. The molecule has 170 valence electrons. The van der Waals surface area contributed by atoms with Crippen LogP contribution in [-0.2, 0) is 11.3 Å². The first-order valence-corrected chi connectivity index (χ1v) is 11.0. The molecular formula is C26H28N4O3. The third kappa shape index (κ3) is 5.49. The van der Waals surface area contributed by atoms with E-state index in [1.165, 1.54) is 0 Å². The Morgan fingerprint density at radius 1 is 1.09 bits per heavy atom. The summed E-state index contributed by atoms with van der Waals surface area (Å²) in [5.41, 5.74) is 4.52. The van der Waals surface area contributed by atoms with Crippen molar-refractivity contribution in [1.82, 2.24) is 20.3 Å². The zero-order valence-electron chi connectivity index (χ0n) is 19.0. The topological polar surface area (TPSA) is 89.1 Å². The summed E-state index contributed by atoms with van der Waals surface area (Å²) in [7, 11) is 1.64. The molecule has 4 aromatic rings. The Morgan fingerprint density at radius 2 is 1.85 bits per heavy atom. The van der Waals surface area contributed by atoms with E-state index in [1.807, 2.05) is 54.6 Å². The normalized spacial score (nSPS) is 12.0. The SMILES string of the molecule is COc1cc2nc([C@@H](CC(C)C)NC(=O)OCc3ccccc3)[nH]c2cc1-c1ccncc1. The molecule has 7 heteroatoms. The average molecular weight is 445 g/mol. The molecule has 1 atom stereocenters. The predicted molar refractivity (Wildman–Crippen MR) is 128 cm³/mol. The number of fused-ring (bicyclic) bond motifs is 1. The fraction of sp³-hybridized carbons (Fsp3) is 0.269. The molecule has 0 aliphatic carbocycles. The molecule has 0 spiro atoms. The van der Waals surface area contributed by atoms with E-state index in [0.717, 1.165) is 33.5 Å². The summed E-state index contributed by atoms with van der Waals surface area (Å²) in [6.07, 6.45) is 3.75. The third-order valence-corrected chi connectivity index (χ3v) is 5.35. The summed E-state index contributed by atoms with van der Waals surface area (Å²) in [5, 5.41) is 2.98. The lowest BCUT2D eigenvalue weighted by Gasteiger charge is -2.18. The first kappa shape index (κ1) is 22.3. The molecule has 0 saturated heterocycles. The van der Waals surface area contributed by atoms with E-state index in [4.69, 9.17) is 14.5 Å². The number of nitrogens with zero attached hydrogens (tertiary/aromatic N) is 2. The molecule has 0 fully saturated rings. The summed E-state index contributed by atoms with van der Waals surface area (Å²) < 4.78 is 11.0. The Bertz CT molecular complexity index is 1210. The summed E-state index contributed by atoms with van der Waals surface area (Å²) in [5.74, 6) is 1.76. The van der Waals surface area contributed by atoms with Crippen molar-refractivity contribution in [1.29, 1.82) is 0 Å². The van der Waals surface area contributed by atoms with Crippen molar-refractivity contribution in [2.75, 3.05) is 7.11 Å². The summed E-state index contributed by atoms with van der Waals surface area (Å²) in [4.78, 5) is 24.8. The van der Waals surface area contributed by atoms with Gasteiger partial charge in [-0.3, -0.25) is 4.98 Å². The van der Waals surface area contributed by atoms with Crippen LogP contribution in [0, 0.1) is 5.92 Å². The van der Waals surface area contributed by atoms with Crippen LogP contribution < -0.4 is 10.1 Å². The minimum absolute atomic E-state index is 0.216. The van der Waals surface area contributed by atoms with Crippen LogP contribution in [-0.4, -0.2) is 28.2 Å². The van der Waals surface area contributed by atoms with Crippen LogP contribution in [0.15, 0.2) is 67.0 Å². The van der Waals surface area contributed by atoms with Crippen molar-refractivity contribution in [3.8, 4) is 16.9 Å². The third-order valence-electron chi connectivity index (χ3n) is 5.35. The minimum atomic E-state index is -0.472. The molecule has 1 amide bonds. The van der Waals surface area contributed by atoms with E-state index in [9.17, 15) is 4.79 Å². The highest BCUT2D eigenvalue weighted by molar-refractivity contribution is 5.86. The maximum Gasteiger partial charge on any atom is 0.408 e. The highest BCUT2D eigenvalue weighted by Crippen LogP contribution is 2.34. The number of H-pyrrole nitrogens is 1. The molecule has 0 aliphatic heterocycles. The van der Waals surface area contributed by atoms with E-state index in [1.54, 1.807) is 19.5 Å². The van der Waals surface area contributed by atoms with Gasteiger partial charge in [-0.15, -0.1) is 0 Å². The van der Waals surface area contributed by atoms with Gasteiger partial charge in [0.05, 0.1) is 24.2 Å². The maximum absolute atomic E-state index is 12.5. The van der Waals surface area contributed by atoms with E-state index in [2.05, 4.69) is 29.1 Å². The van der Waals surface area contributed by atoms with Crippen LogP contribution in [0.5, 0.6) is 5.75 Å². The number of methoxy groups -OCH3 is 1. The molecule has 7 nitrogen and oxygen atoms in total. The molecule has 2 aromatic heterocycles. The number of aromatic amines is 1. The van der Waals surface area contributed by atoms with E-state index in [-0.39, 0.29) is 12.6 Å². The standard InChI is InChI=1S/C26H28N4O3/c1-17(2)13-23(30-26(31)33-16-18-7-5-4-6-8-18)25-28-21-14-20(19-9-11-27-12-10-19)24(32-3)15-22(21)29-25/h4-12,14-15,17,23H,13,16H2,1-3H3,(H,28,29)(H,30,31)/t23-/m1/s1. The van der Waals surface area contributed by atoms with Gasteiger partial charge in [0.1, 0.15) is 18.2 Å². The van der Waals surface area contributed by atoms with Gasteiger partial charge >= 0.3 is 6.09 Å². The summed E-state index contributed by atoms with van der Waals surface area (Å²) >= 11 is 0. The fourth-order valence-corrected chi connectivity index (χ4v) is 3.77. The molecule has 2 N–H and O–H groups in total. The van der Waals surface area contributed by atoms with Gasteiger partial charge < -0.3 is 19.8 Å². The zero-order chi connectivity index (χ0) is 23.2. The van der Waals surface area contributed by atoms with Crippen molar-refractivity contribution >= 4 is 17.1 Å². The van der Waals surface area contributed by atoms with Gasteiger partial charge in [0, 0.05) is 24.0 Å². The van der Waals surface area contributed by atoms with E-state index < -0.39 is 6.09 Å². The summed E-state index contributed by atoms with van der Waals surface area (Å²) in [6, 6.07) is 17.1. The number of ether oxygens (including phenoxy) is 2. The number of carbonyl (C=O) groups is 1. The average Bonchev–Trinajstić information content (AvgIpc) is 3.25. The maximum atomic E-state index is 12.5. The predicted octanol–water partition coefficient (Wildman–Crippen LogP) is 5.65. The first-order valence-electron chi connectivity index (χ1n) is 11.0. The van der Waals surface area contributed by atoms with Gasteiger partial charge in [-0.2, -0.15) is 0 Å². The first-order chi connectivity index (χ1) is 16.0. The Kier molecular flexibility index (Phi) is 6.88. The molecule has 0 radical (unpaired) electrons. The number of alkyl carbamates (subject to hydrolysis) is 1. The van der Waals surface area contributed by atoms with E-state index in [0.29, 0.717) is 18.2 Å². The summed E-state index contributed by atoms with van der Waals surface area (Å²) in [6.45, 7) is 4.43. The Morgan fingerprint density at radius 3 is 2.55 bits per heavy atom. The van der Waals surface area contributed by atoms with Crippen LogP contribution in [0.2, 0.25) is 0 Å². The second-order valence-corrected chi connectivity index (χ2v) is 8.32. The number of aromatic nitrogens is 3. The van der Waals surface area contributed by atoms with Crippen molar-refractivity contribution in [2.24, 2.45) is 5.92 Å². The number of carbonyl (C=O) groups excluding carboxylic acids is 1. The molecule has 0 bridgehead atoms. The van der Waals surface area contributed by atoms with Crippen LogP contribution in [0.25, 0.3) is 22.2 Å². The lowest BCUT2D eigenvalue weighted by Crippen LogP contribution is -2.30. The van der Waals surface area contributed by atoms with E-state index >= 15 is 0 Å². The second-order valence-electron chi connectivity index (χ2n) is 8.32. The smallest absolute Gasteiger partial charge is 0.408 e. The number of imidazole rings is 1. The second kappa shape index (κ2) is 10.2. The van der Waals surface area contributed by atoms with Crippen LogP contribution in [0.4, 0.5) is 4.79 Å². The number of benzene rings is 2. The van der Waals surface area contributed by atoms with Crippen LogP contribution in [0.3, 0.4) is 0 Å². The fourth-order valence-electron chi connectivity index (χ4n) is 3.77. The van der Waals surface area contributed by atoms with Crippen LogP contribution >= 0.6 is 0 Å². The van der Waals surface area contributed by atoms with Gasteiger partial charge in [-0.25, -0.2) is 9.78 Å². The molecule has 2 aromatic carbocycles. The lowest BCUT2D eigenvalue weighted by atomic mass is 10.0. The molecule has 0 aliphatic rings. The minimum Gasteiger partial charge on any atom is -0.496 e. The monoisotopic (exact) mass is 444 g/mol. The molecule has 2 heterocycles. The van der Waals surface area contributed by atoms with Gasteiger partial charge in [0.15, 0.2) is 0 Å². The molecule has 33 heavy (non-hydrogen) atoms. The molecule has 0 saturated carbocycles. The number of amides is 1. The van der Waals surface area contributed by atoms with Crippen molar-refractivity contribution in [2.45, 2.75) is 32.9 Å². The molecular weight excluding hydrogens is 416 g/mol. The number of nitrogens with one attached hydrogen (secondary N) is 2. The quantitative estimate of drug-likeness (QED) is 0.367. The van der Waals surface area contributed by atoms with Gasteiger partial charge in [-0.1, -0.05) is 44.2 Å². The van der Waals surface area contributed by atoms with Crippen molar-refractivity contribution in [3.63, 3.8) is 0 Å². The van der Waals surface area contributed by atoms with Gasteiger partial charge in [0.25, 0.3) is 0 Å². The highest BCUT2D eigenvalue weighted by Gasteiger charge is 2.21. The largest absolute Gasteiger partial charge is 0.496 e. The Hall–Kier alpha value is -3.87. The molecule has 4 rings (SSSR count). The van der Waals surface area contributed by atoms with Crippen molar-refractivity contribution < 1.29 is 14.3 Å². The van der Waals surface area contributed by atoms with Gasteiger partial charge in [0.2, 0.25) is 0 Å². The van der Waals surface area contributed by atoms with Crippen LogP contribution in [0.1, 0.15) is 37.7 Å². The number of pyridine rings is 1. The Labute approximate surface area is 193 Å². The zero-order valence-corrected chi connectivity index (χ0v) is 19.0. The van der Waals surface area contributed by atoms with Gasteiger partial charge in [-0.05, 0) is 41.7 Å². The molecule has 0 unspecified atom stereocenters. The Balaban J connectivity index is 1.58.